The zero-order chi connectivity index (χ0) is 16.6. The predicted octanol–water partition coefficient (Wildman–Crippen LogP) is 2.71. The lowest BCUT2D eigenvalue weighted by molar-refractivity contribution is 0.0902. The van der Waals surface area contributed by atoms with Gasteiger partial charge in [0.15, 0.2) is 0 Å². The second kappa shape index (κ2) is 6.02. The zero-order valence-electron chi connectivity index (χ0n) is 14.1. The summed E-state index contributed by atoms with van der Waals surface area (Å²) >= 11 is 0. The molecule has 3 heterocycles. The van der Waals surface area contributed by atoms with Gasteiger partial charge in [-0.25, -0.2) is 0 Å². The summed E-state index contributed by atoms with van der Waals surface area (Å²) in [4.78, 5) is 19.6. The van der Waals surface area contributed by atoms with Gasteiger partial charge in [0.05, 0.1) is 11.2 Å². The van der Waals surface area contributed by atoms with Crippen molar-refractivity contribution in [2.45, 2.75) is 38.3 Å². The van der Waals surface area contributed by atoms with Crippen molar-refractivity contribution in [3.8, 4) is 0 Å². The first-order chi connectivity index (χ1) is 11.7. The second-order valence-electron chi connectivity index (χ2n) is 7.12. The van der Waals surface area contributed by atoms with Gasteiger partial charge in [-0.2, -0.15) is 0 Å². The molecule has 124 valence electrons. The lowest BCUT2D eigenvalue weighted by atomic mass is 9.91. The number of aryl methyl sites for hydroxylation is 2. The van der Waals surface area contributed by atoms with Crippen LogP contribution < -0.4 is 5.32 Å². The van der Waals surface area contributed by atoms with Crippen LogP contribution in [0.15, 0.2) is 42.6 Å². The minimum Gasteiger partial charge on any atom is -0.345 e. The normalized spacial score (nSPS) is 23.8. The van der Waals surface area contributed by atoms with Crippen molar-refractivity contribution in [2.24, 2.45) is 0 Å². The Morgan fingerprint density at radius 2 is 2.08 bits per heavy atom. The maximum absolute atomic E-state index is 12.6. The molecule has 1 saturated heterocycles. The number of carbonyl (C=O) groups is 1. The van der Waals surface area contributed by atoms with E-state index in [-0.39, 0.29) is 11.4 Å². The van der Waals surface area contributed by atoms with Gasteiger partial charge in [0, 0.05) is 31.4 Å². The van der Waals surface area contributed by atoms with Crippen molar-refractivity contribution in [1.82, 2.24) is 15.2 Å². The lowest BCUT2D eigenvalue weighted by Gasteiger charge is -2.29. The molecule has 0 radical (unpaired) electrons. The molecule has 2 aromatic rings. The SMILES string of the molecule is Cc1cccnc1CN1CC[C@@]2(CCc3ccccc3C(=O)N2)C1. The smallest absolute Gasteiger partial charge is 0.252 e. The first-order valence-corrected chi connectivity index (χ1v) is 8.69. The number of rotatable bonds is 2. The fourth-order valence-electron chi connectivity index (χ4n) is 4.00. The molecule has 0 bridgehead atoms. The van der Waals surface area contributed by atoms with Gasteiger partial charge in [-0.15, -0.1) is 0 Å². The van der Waals surface area contributed by atoms with Crippen molar-refractivity contribution in [1.29, 1.82) is 0 Å². The Morgan fingerprint density at radius 1 is 1.21 bits per heavy atom. The molecule has 1 fully saturated rings. The van der Waals surface area contributed by atoms with E-state index in [9.17, 15) is 4.79 Å². The number of fused-ring (bicyclic) bond motifs is 1. The van der Waals surface area contributed by atoms with E-state index in [0.717, 1.165) is 50.2 Å². The molecule has 1 aromatic heterocycles. The minimum absolute atomic E-state index is 0.0824. The highest BCUT2D eigenvalue weighted by Crippen LogP contribution is 2.31. The molecule has 1 amide bonds. The monoisotopic (exact) mass is 321 g/mol. The summed E-state index contributed by atoms with van der Waals surface area (Å²) in [7, 11) is 0. The predicted molar refractivity (Wildman–Crippen MR) is 93.8 cm³/mol. The number of nitrogens with one attached hydrogen (secondary N) is 1. The number of amides is 1. The molecule has 2 aliphatic rings. The quantitative estimate of drug-likeness (QED) is 0.925. The second-order valence-corrected chi connectivity index (χ2v) is 7.12. The van der Waals surface area contributed by atoms with Crippen molar-refractivity contribution >= 4 is 5.91 Å². The van der Waals surface area contributed by atoms with E-state index >= 15 is 0 Å². The maximum atomic E-state index is 12.6. The Bertz CT molecular complexity index is 773. The van der Waals surface area contributed by atoms with E-state index in [0.29, 0.717) is 0 Å². The van der Waals surface area contributed by atoms with E-state index in [1.165, 1.54) is 11.1 Å². The third-order valence-corrected chi connectivity index (χ3v) is 5.44. The van der Waals surface area contributed by atoms with Gasteiger partial charge >= 0.3 is 0 Å². The van der Waals surface area contributed by atoms with Gasteiger partial charge in [-0.1, -0.05) is 24.3 Å². The van der Waals surface area contributed by atoms with Crippen LogP contribution in [0.25, 0.3) is 0 Å². The van der Waals surface area contributed by atoms with Crippen molar-refractivity contribution in [3.05, 3.63) is 65.0 Å². The number of hydrogen-bond acceptors (Lipinski definition) is 3. The van der Waals surface area contributed by atoms with Crippen LogP contribution in [-0.4, -0.2) is 34.4 Å². The Labute approximate surface area is 142 Å². The summed E-state index contributed by atoms with van der Waals surface area (Å²) in [6.07, 6.45) is 4.84. The third-order valence-electron chi connectivity index (χ3n) is 5.44. The Kier molecular flexibility index (Phi) is 3.85. The molecule has 0 saturated carbocycles. The Hall–Kier alpha value is -2.20. The third kappa shape index (κ3) is 2.82. The van der Waals surface area contributed by atoms with Gasteiger partial charge in [0.2, 0.25) is 0 Å². The van der Waals surface area contributed by atoms with E-state index in [4.69, 9.17) is 0 Å². The van der Waals surface area contributed by atoms with Crippen LogP contribution in [0.2, 0.25) is 0 Å². The molecule has 0 unspecified atom stereocenters. The molecular weight excluding hydrogens is 298 g/mol. The van der Waals surface area contributed by atoms with Crippen molar-refractivity contribution in [3.63, 3.8) is 0 Å². The van der Waals surface area contributed by atoms with E-state index < -0.39 is 0 Å². The molecule has 24 heavy (non-hydrogen) atoms. The van der Waals surface area contributed by atoms with Crippen LogP contribution in [0, 0.1) is 6.92 Å². The number of carbonyl (C=O) groups excluding carboxylic acids is 1. The fraction of sp³-hybridized carbons (Fsp3) is 0.400. The first kappa shape index (κ1) is 15.3. The number of likely N-dealkylation sites (tertiary alicyclic amines) is 1. The average Bonchev–Trinajstić information content (AvgIpc) is 2.91. The topological polar surface area (TPSA) is 45.2 Å². The molecule has 4 rings (SSSR count). The molecule has 1 N–H and O–H groups in total. The number of hydrogen-bond donors (Lipinski definition) is 1. The molecule has 2 aliphatic heterocycles. The summed E-state index contributed by atoms with van der Waals surface area (Å²) in [5.74, 6) is 0.0824. The molecule has 1 atom stereocenters. The maximum Gasteiger partial charge on any atom is 0.252 e. The molecule has 0 aliphatic carbocycles. The molecule has 1 spiro atoms. The molecular formula is C20H23N3O. The van der Waals surface area contributed by atoms with Gasteiger partial charge in [0.25, 0.3) is 5.91 Å². The highest BCUT2D eigenvalue weighted by molar-refractivity contribution is 5.96. The highest BCUT2D eigenvalue weighted by atomic mass is 16.1. The Balaban J connectivity index is 1.50. The molecule has 1 aromatic carbocycles. The first-order valence-electron chi connectivity index (χ1n) is 8.69. The van der Waals surface area contributed by atoms with Crippen LogP contribution in [0.1, 0.15) is 40.0 Å². The highest BCUT2D eigenvalue weighted by Gasteiger charge is 2.41. The summed E-state index contributed by atoms with van der Waals surface area (Å²) in [6, 6.07) is 12.1. The van der Waals surface area contributed by atoms with E-state index in [1.807, 2.05) is 30.5 Å². The number of benzene rings is 1. The van der Waals surface area contributed by atoms with Gasteiger partial charge in [-0.05, 0) is 49.4 Å². The van der Waals surface area contributed by atoms with E-state index in [2.05, 4.69) is 34.3 Å². The molecule has 4 nitrogen and oxygen atoms in total. The summed E-state index contributed by atoms with van der Waals surface area (Å²) < 4.78 is 0. The lowest BCUT2D eigenvalue weighted by Crippen LogP contribution is -2.49. The molecule has 4 heteroatoms. The van der Waals surface area contributed by atoms with Crippen LogP contribution in [0.4, 0.5) is 0 Å². The largest absolute Gasteiger partial charge is 0.345 e. The number of nitrogens with zero attached hydrogens (tertiary/aromatic N) is 2. The standard InChI is InChI=1S/C20H23N3O/c1-15-5-4-11-21-18(15)13-23-12-10-20(14-23)9-8-16-6-2-3-7-17(16)19(24)22-20/h2-7,11H,8-10,12-14H2,1H3,(H,22,24)/t20-/m0/s1. The fourth-order valence-corrected chi connectivity index (χ4v) is 4.00. The number of aromatic nitrogens is 1. The van der Waals surface area contributed by atoms with Gasteiger partial charge in [-0.3, -0.25) is 14.7 Å². The summed E-state index contributed by atoms with van der Waals surface area (Å²) in [5.41, 5.74) is 4.28. The van der Waals surface area contributed by atoms with E-state index in [1.54, 1.807) is 0 Å². The van der Waals surface area contributed by atoms with Crippen molar-refractivity contribution in [2.75, 3.05) is 13.1 Å². The summed E-state index contributed by atoms with van der Waals surface area (Å²) in [5, 5.41) is 3.34. The van der Waals surface area contributed by atoms with Crippen LogP contribution in [-0.2, 0) is 13.0 Å². The van der Waals surface area contributed by atoms with Crippen LogP contribution in [0.5, 0.6) is 0 Å². The minimum atomic E-state index is -0.0984. The van der Waals surface area contributed by atoms with Crippen molar-refractivity contribution < 1.29 is 4.79 Å². The zero-order valence-corrected chi connectivity index (χ0v) is 14.1. The van der Waals surface area contributed by atoms with Crippen LogP contribution >= 0.6 is 0 Å². The van der Waals surface area contributed by atoms with Gasteiger partial charge < -0.3 is 5.32 Å². The average molecular weight is 321 g/mol. The summed E-state index contributed by atoms with van der Waals surface area (Å²) in [6.45, 7) is 4.88. The van der Waals surface area contributed by atoms with Gasteiger partial charge in [0.1, 0.15) is 0 Å². The Morgan fingerprint density at radius 3 is 2.96 bits per heavy atom. The van der Waals surface area contributed by atoms with Crippen LogP contribution in [0.3, 0.4) is 0 Å². The number of pyridine rings is 1.